The van der Waals surface area contributed by atoms with Crippen molar-refractivity contribution in [3.63, 3.8) is 0 Å². The normalized spacial score (nSPS) is 23.4. The van der Waals surface area contributed by atoms with Crippen LogP contribution in [0.1, 0.15) is 25.0 Å². The van der Waals surface area contributed by atoms with Crippen molar-refractivity contribution >= 4 is 16.9 Å². The van der Waals surface area contributed by atoms with Crippen LogP contribution >= 0.6 is 0 Å². The molecule has 1 heterocycles. The maximum Gasteiger partial charge on any atom is 0.148 e. The lowest BCUT2D eigenvalue weighted by atomic mass is 10.2. The number of nitrogens with zero attached hydrogens (tertiary/aromatic N) is 2. The molecule has 4 heteroatoms. The molecular weight excluding hydrogens is 224 g/mol. The van der Waals surface area contributed by atoms with Crippen molar-refractivity contribution in [1.29, 1.82) is 0 Å². The number of benzene rings is 1. The Morgan fingerprint density at radius 1 is 1.17 bits per heavy atom. The maximum absolute atomic E-state index is 6.08. The van der Waals surface area contributed by atoms with E-state index < -0.39 is 0 Å². The minimum Gasteiger partial charge on any atom is -0.364 e. The highest BCUT2D eigenvalue weighted by molar-refractivity contribution is 5.76. The Balaban J connectivity index is 1.93. The summed E-state index contributed by atoms with van der Waals surface area (Å²) in [5.74, 6) is 0.871. The molecule has 1 aliphatic carbocycles. The monoisotopic (exact) mass is 242 g/mol. The number of rotatable bonds is 2. The first-order valence-corrected chi connectivity index (χ1v) is 6.49. The summed E-state index contributed by atoms with van der Waals surface area (Å²) in [7, 11) is 0. The first-order chi connectivity index (χ1) is 8.74. The summed E-state index contributed by atoms with van der Waals surface area (Å²) < 4.78 is 0. The summed E-state index contributed by atoms with van der Waals surface area (Å²) in [5.41, 5.74) is 8.89. The zero-order valence-electron chi connectivity index (χ0n) is 10.6. The van der Waals surface area contributed by atoms with E-state index in [-0.39, 0.29) is 6.04 Å². The summed E-state index contributed by atoms with van der Waals surface area (Å²) in [4.78, 5) is 9.22. The second kappa shape index (κ2) is 4.53. The van der Waals surface area contributed by atoms with Crippen LogP contribution in [0.5, 0.6) is 0 Å². The van der Waals surface area contributed by atoms with Crippen LogP contribution in [0.2, 0.25) is 0 Å². The van der Waals surface area contributed by atoms with E-state index in [4.69, 9.17) is 5.73 Å². The smallest absolute Gasteiger partial charge is 0.148 e. The number of hydrogen-bond donors (Lipinski definition) is 2. The number of nitrogens with two attached hydrogens (primary N) is 1. The van der Waals surface area contributed by atoms with Gasteiger partial charge in [-0.3, -0.25) is 0 Å². The van der Waals surface area contributed by atoms with Crippen molar-refractivity contribution in [3.05, 3.63) is 30.0 Å². The van der Waals surface area contributed by atoms with Gasteiger partial charge in [-0.1, -0.05) is 12.1 Å². The van der Waals surface area contributed by atoms with Crippen molar-refractivity contribution < 1.29 is 0 Å². The van der Waals surface area contributed by atoms with E-state index in [0.717, 1.165) is 35.4 Å². The van der Waals surface area contributed by atoms with Crippen molar-refractivity contribution in [1.82, 2.24) is 9.97 Å². The van der Waals surface area contributed by atoms with Crippen LogP contribution in [-0.2, 0) is 0 Å². The van der Waals surface area contributed by atoms with Gasteiger partial charge in [-0.05, 0) is 38.3 Å². The van der Waals surface area contributed by atoms with Gasteiger partial charge in [0.1, 0.15) is 5.82 Å². The lowest BCUT2D eigenvalue weighted by molar-refractivity contribution is 0.635. The number of anilines is 1. The van der Waals surface area contributed by atoms with Gasteiger partial charge >= 0.3 is 0 Å². The summed E-state index contributed by atoms with van der Waals surface area (Å²) in [6.45, 7) is 1.99. The highest BCUT2D eigenvalue weighted by atomic mass is 15.1. The number of aryl methyl sites for hydroxylation is 1. The van der Waals surface area contributed by atoms with E-state index in [1.807, 2.05) is 31.2 Å². The molecule has 2 unspecified atom stereocenters. The first-order valence-electron chi connectivity index (χ1n) is 6.49. The van der Waals surface area contributed by atoms with Gasteiger partial charge in [0.05, 0.1) is 16.7 Å². The molecule has 0 radical (unpaired) electrons. The molecular formula is C14H18N4. The molecule has 3 rings (SSSR count). The zero-order chi connectivity index (χ0) is 12.5. The summed E-state index contributed by atoms with van der Waals surface area (Å²) in [6.07, 6.45) is 3.41. The molecule has 0 spiro atoms. The Morgan fingerprint density at radius 2 is 1.89 bits per heavy atom. The lowest BCUT2D eigenvalue weighted by Crippen LogP contribution is -2.35. The molecule has 2 aromatic rings. The Labute approximate surface area is 107 Å². The molecule has 1 aliphatic rings. The lowest BCUT2D eigenvalue weighted by Gasteiger charge is -2.19. The Morgan fingerprint density at radius 3 is 2.56 bits per heavy atom. The van der Waals surface area contributed by atoms with Gasteiger partial charge in [0, 0.05) is 12.1 Å². The fourth-order valence-electron chi connectivity index (χ4n) is 2.57. The van der Waals surface area contributed by atoms with Gasteiger partial charge in [-0.15, -0.1) is 0 Å². The third-order valence-electron chi connectivity index (χ3n) is 3.64. The first kappa shape index (κ1) is 11.4. The Kier molecular flexibility index (Phi) is 2.88. The number of para-hydroxylation sites is 2. The SMILES string of the molecule is Cc1nc2ccccc2nc1NC1CCCC1N. The van der Waals surface area contributed by atoms with Gasteiger partial charge in [-0.2, -0.15) is 0 Å². The molecule has 18 heavy (non-hydrogen) atoms. The number of aromatic nitrogens is 2. The van der Waals surface area contributed by atoms with E-state index in [9.17, 15) is 0 Å². The molecule has 1 aromatic heterocycles. The summed E-state index contributed by atoms with van der Waals surface area (Å²) >= 11 is 0. The third-order valence-corrected chi connectivity index (χ3v) is 3.64. The molecule has 2 atom stereocenters. The Hall–Kier alpha value is -1.68. The van der Waals surface area contributed by atoms with Crippen LogP contribution in [0.25, 0.3) is 11.0 Å². The second-order valence-corrected chi connectivity index (χ2v) is 4.99. The van der Waals surface area contributed by atoms with Crippen LogP contribution in [0, 0.1) is 6.92 Å². The fourth-order valence-corrected chi connectivity index (χ4v) is 2.57. The molecule has 0 bridgehead atoms. The Bertz CT molecular complexity index is 567. The van der Waals surface area contributed by atoms with Crippen LogP contribution in [0.15, 0.2) is 24.3 Å². The van der Waals surface area contributed by atoms with E-state index in [1.165, 1.54) is 6.42 Å². The highest BCUT2D eigenvalue weighted by Gasteiger charge is 2.24. The minimum absolute atomic E-state index is 0.234. The standard InChI is InChI=1S/C14H18N4/c1-9-14(17-11-8-4-5-10(11)15)18-13-7-3-2-6-12(13)16-9/h2-3,6-7,10-11H,4-5,8,15H2,1H3,(H,17,18). The number of nitrogens with one attached hydrogen (secondary N) is 1. The van der Waals surface area contributed by atoms with E-state index in [1.54, 1.807) is 0 Å². The van der Waals surface area contributed by atoms with Crippen molar-refractivity contribution in [3.8, 4) is 0 Å². The van der Waals surface area contributed by atoms with E-state index in [0.29, 0.717) is 6.04 Å². The third kappa shape index (κ3) is 2.04. The van der Waals surface area contributed by atoms with Crippen molar-refractivity contribution in [2.75, 3.05) is 5.32 Å². The van der Waals surface area contributed by atoms with Gasteiger partial charge in [0.25, 0.3) is 0 Å². The predicted octanol–water partition coefficient (Wildman–Crippen LogP) is 2.23. The fraction of sp³-hybridized carbons (Fsp3) is 0.429. The second-order valence-electron chi connectivity index (χ2n) is 4.99. The quantitative estimate of drug-likeness (QED) is 0.847. The van der Waals surface area contributed by atoms with E-state index >= 15 is 0 Å². The molecule has 0 saturated heterocycles. The molecule has 0 aliphatic heterocycles. The molecule has 1 aromatic carbocycles. The predicted molar refractivity (Wildman–Crippen MR) is 73.5 cm³/mol. The van der Waals surface area contributed by atoms with Gasteiger partial charge in [0.2, 0.25) is 0 Å². The summed E-state index contributed by atoms with van der Waals surface area (Å²) in [6, 6.07) is 8.51. The van der Waals surface area contributed by atoms with Crippen LogP contribution in [-0.4, -0.2) is 22.1 Å². The average Bonchev–Trinajstić information content (AvgIpc) is 2.76. The van der Waals surface area contributed by atoms with Crippen molar-refractivity contribution in [2.24, 2.45) is 5.73 Å². The zero-order valence-corrected chi connectivity index (χ0v) is 10.6. The summed E-state index contributed by atoms with van der Waals surface area (Å²) in [5, 5.41) is 3.45. The van der Waals surface area contributed by atoms with Crippen LogP contribution in [0.4, 0.5) is 5.82 Å². The molecule has 4 nitrogen and oxygen atoms in total. The van der Waals surface area contributed by atoms with Gasteiger partial charge in [0.15, 0.2) is 0 Å². The average molecular weight is 242 g/mol. The number of fused-ring (bicyclic) bond motifs is 1. The topological polar surface area (TPSA) is 63.8 Å². The molecule has 0 amide bonds. The highest BCUT2D eigenvalue weighted by Crippen LogP contribution is 2.23. The van der Waals surface area contributed by atoms with E-state index in [2.05, 4.69) is 15.3 Å². The molecule has 1 saturated carbocycles. The number of hydrogen-bond acceptors (Lipinski definition) is 4. The van der Waals surface area contributed by atoms with Crippen molar-refractivity contribution in [2.45, 2.75) is 38.3 Å². The van der Waals surface area contributed by atoms with Gasteiger partial charge < -0.3 is 11.1 Å². The van der Waals surface area contributed by atoms with Crippen LogP contribution < -0.4 is 11.1 Å². The molecule has 94 valence electrons. The van der Waals surface area contributed by atoms with Gasteiger partial charge in [-0.25, -0.2) is 9.97 Å². The molecule has 1 fully saturated rings. The maximum atomic E-state index is 6.08. The molecule has 3 N–H and O–H groups in total. The van der Waals surface area contributed by atoms with Crippen LogP contribution in [0.3, 0.4) is 0 Å². The minimum atomic E-state index is 0.234. The largest absolute Gasteiger partial charge is 0.364 e.